The number of nitrogens with zero attached hydrogens (tertiary/aromatic N) is 1. The maximum atomic E-state index is 3.39. The maximum absolute atomic E-state index is 3.39. The predicted molar refractivity (Wildman–Crippen MR) is 71.8 cm³/mol. The molecule has 1 spiro atoms. The van der Waals surface area contributed by atoms with Gasteiger partial charge in [-0.1, -0.05) is 13.8 Å². The van der Waals surface area contributed by atoms with Crippen LogP contribution in [0.5, 0.6) is 0 Å². The Balaban J connectivity index is 0.000000606. The van der Waals surface area contributed by atoms with Gasteiger partial charge in [0.25, 0.3) is 0 Å². The van der Waals surface area contributed by atoms with Gasteiger partial charge in [0.15, 0.2) is 0 Å². The third-order valence-electron chi connectivity index (χ3n) is 4.36. The van der Waals surface area contributed by atoms with E-state index < -0.39 is 0 Å². The van der Waals surface area contributed by atoms with Gasteiger partial charge >= 0.3 is 0 Å². The fraction of sp³-hybridized carbons (Fsp3) is 1.00. The fourth-order valence-corrected chi connectivity index (χ4v) is 3.11. The second-order valence-electron chi connectivity index (χ2n) is 5.52. The van der Waals surface area contributed by atoms with Gasteiger partial charge in [0.1, 0.15) is 0 Å². The van der Waals surface area contributed by atoms with Gasteiger partial charge in [-0.05, 0) is 65.1 Å². The standard InChI is InChI=1S/C12H24N2.C2H6/c1-10(2)14-6-4-12(5-7-14)8-11(9-12)13-3;1-2/h10-11,13H,4-9H2,1-3H3;1-2H3. The van der Waals surface area contributed by atoms with E-state index in [1.807, 2.05) is 13.8 Å². The molecule has 2 rings (SSSR count). The fourth-order valence-electron chi connectivity index (χ4n) is 3.11. The highest BCUT2D eigenvalue weighted by atomic mass is 15.2. The lowest BCUT2D eigenvalue weighted by atomic mass is 9.60. The van der Waals surface area contributed by atoms with Crippen molar-refractivity contribution in [2.24, 2.45) is 5.41 Å². The Hall–Kier alpha value is -0.0800. The van der Waals surface area contributed by atoms with Crippen molar-refractivity contribution in [3.63, 3.8) is 0 Å². The first-order valence-corrected chi connectivity index (χ1v) is 7.06. The summed E-state index contributed by atoms with van der Waals surface area (Å²) in [6, 6.07) is 1.56. The third kappa shape index (κ3) is 2.98. The van der Waals surface area contributed by atoms with Gasteiger partial charge in [0.05, 0.1) is 0 Å². The Morgan fingerprint density at radius 1 is 1.12 bits per heavy atom. The highest BCUT2D eigenvalue weighted by molar-refractivity contribution is 5.00. The average molecular weight is 226 g/mol. The topological polar surface area (TPSA) is 15.3 Å². The lowest BCUT2D eigenvalue weighted by Crippen LogP contribution is -2.53. The zero-order valence-corrected chi connectivity index (χ0v) is 11.8. The molecule has 0 aromatic rings. The molecule has 1 heterocycles. The maximum Gasteiger partial charge on any atom is 0.00746 e. The minimum atomic E-state index is 0.735. The van der Waals surface area contributed by atoms with E-state index in [-0.39, 0.29) is 0 Å². The van der Waals surface area contributed by atoms with Gasteiger partial charge in [-0.15, -0.1) is 0 Å². The summed E-state index contributed by atoms with van der Waals surface area (Å²) in [5, 5.41) is 3.39. The zero-order chi connectivity index (χ0) is 12.2. The summed E-state index contributed by atoms with van der Waals surface area (Å²) < 4.78 is 0. The van der Waals surface area contributed by atoms with E-state index in [0.717, 1.165) is 17.5 Å². The van der Waals surface area contributed by atoms with E-state index in [1.54, 1.807) is 0 Å². The van der Waals surface area contributed by atoms with E-state index in [0.29, 0.717) is 0 Å². The first kappa shape index (κ1) is 14.0. The molecule has 2 fully saturated rings. The summed E-state index contributed by atoms with van der Waals surface area (Å²) >= 11 is 0. The molecule has 0 amide bonds. The van der Waals surface area contributed by atoms with Crippen LogP contribution in [-0.4, -0.2) is 37.1 Å². The van der Waals surface area contributed by atoms with Gasteiger partial charge in [-0.3, -0.25) is 0 Å². The molecule has 0 radical (unpaired) electrons. The molecular weight excluding hydrogens is 196 g/mol. The Morgan fingerprint density at radius 2 is 1.62 bits per heavy atom. The molecule has 2 heteroatoms. The number of hydrogen-bond acceptors (Lipinski definition) is 2. The van der Waals surface area contributed by atoms with Crippen LogP contribution in [0.2, 0.25) is 0 Å². The van der Waals surface area contributed by atoms with Crippen LogP contribution in [0.1, 0.15) is 53.4 Å². The molecule has 1 saturated carbocycles. The molecular formula is C14H30N2. The molecule has 1 aliphatic heterocycles. The molecule has 16 heavy (non-hydrogen) atoms. The van der Waals surface area contributed by atoms with Gasteiger partial charge in [0, 0.05) is 12.1 Å². The Labute approximate surface area is 102 Å². The number of nitrogens with one attached hydrogen (secondary N) is 1. The first-order chi connectivity index (χ1) is 7.65. The Kier molecular flexibility index (Phi) is 5.26. The molecule has 0 unspecified atom stereocenters. The highest BCUT2D eigenvalue weighted by Crippen LogP contribution is 2.49. The van der Waals surface area contributed by atoms with Crippen LogP contribution >= 0.6 is 0 Å². The summed E-state index contributed by atoms with van der Waals surface area (Å²) in [5.74, 6) is 0. The molecule has 0 aromatic carbocycles. The van der Waals surface area contributed by atoms with Crippen molar-refractivity contribution in [1.82, 2.24) is 10.2 Å². The Bertz CT molecular complexity index is 185. The van der Waals surface area contributed by atoms with Gasteiger partial charge in [-0.25, -0.2) is 0 Å². The van der Waals surface area contributed by atoms with Crippen LogP contribution in [0.25, 0.3) is 0 Å². The lowest BCUT2D eigenvalue weighted by molar-refractivity contribution is -0.000373. The molecule has 0 bridgehead atoms. The molecule has 0 atom stereocenters. The lowest BCUT2D eigenvalue weighted by Gasteiger charge is -2.53. The van der Waals surface area contributed by atoms with E-state index in [4.69, 9.17) is 0 Å². The SMILES string of the molecule is CC.CNC1CC2(CCN(C(C)C)CC2)C1. The molecule has 96 valence electrons. The summed E-state index contributed by atoms with van der Waals surface area (Å²) in [4.78, 5) is 2.62. The van der Waals surface area contributed by atoms with Crippen LogP contribution in [0.15, 0.2) is 0 Å². The van der Waals surface area contributed by atoms with E-state index >= 15 is 0 Å². The summed E-state index contributed by atoms with van der Waals surface area (Å²) in [6.07, 6.45) is 5.72. The smallest absolute Gasteiger partial charge is 0.00746 e. The normalized spacial score (nSPS) is 25.1. The molecule has 0 aromatic heterocycles. The van der Waals surface area contributed by atoms with Gasteiger partial charge < -0.3 is 10.2 Å². The largest absolute Gasteiger partial charge is 0.317 e. The van der Waals surface area contributed by atoms with E-state index in [2.05, 4.69) is 31.1 Å². The van der Waals surface area contributed by atoms with Crippen molar-refractivity contribution in [3.8, 4) is 0 Å². The molecule has 1 N–H and O–H groups in total. The van der Waals surface area contributed by atoms with Crippen molar-refractivity contribution in [2.45, 2.75) is 65.5 Å². The molecule has 1 saturated heterocycles. The van der Waals surface area contributed by atoms with E-state index in [9.17, 15) is 0 Å². The van der Waals surface area contributed by atoms with Crippen LogP contribution in [-0.2, 0) is 0 Å². The number of hydrogen-bond donors (Lipinski definition) is 1. The van der Waals surface area contributed by atoms with Gasteiger partial charge in [-0.2, -0.15) is 0 Å². The first-order valence-electron chi connectivity index (χ1n) is 7.06. The zero-order valence-electron chi connectivity index (χ0n) is 11.8. The number of piperidine rings is 1. The summed E-state index contributed by atoms with van der Waals surface area (Å²) in [7, 11) is 2.10. The van der Waals surface area contributed by atoms with Crippen LogP contribution in [0.3, 0.4) is 0 Å². The molecule has 2 aliphatic rings. The van der Waals surface area contributed by atoms with Crippen molar-refractivity contribution in [1.29, 1.82) is 0 Å². The summed E-state index contributed by atoms with van der Waals surface area (Å²) in [6.45, 7) is 11.3. The number of rotatable bonds is 2. The number of likely N-dealkylation sites (tertiary alicyclic amines) is 1. The average Bonchev–Trinajstić information content (AvgIpc) is 2.28. The third-order valence-corrected chi connectivity index (χ3v) is 4.36. The molecule has 2 nitrogen and oxygen atoms in total. The van der Waals surface area contributed by atoms with Crippen molar-refractivity contribution < 1.29 is 0 Å². The van der Waals surface area contributed by atoms with Crippen LogP contribution in [0, 0.1) is 5.41 Å². The second kappa shape index (κ2) is 6.02. The Morgan fingerprint density at radius 3 is 2.00 bits per heavy atom. The highest BCUT2D eigenvalue weighted by Gasteiger charge is 2.45. The van der Waals surface area contributed by atoms with Gasteiger partial charge in [0.2, 0.25) is 0 Å². The quantitative estimate of drug-likeness (QED) is 0.779. The monoisotopic (exact) mass is 226 g/mol. The van der Waals surface area contributed by atoms with Crippen molar-refractivity contribution in [2.75, 3.05) is 20.1 Å². The van der Waals surface area contributed by atoms with Crippen molar-refractivity contribution >= 4 is 0 Å². The van der Waals surface area contributed by atoms with E-state index in [1.165, 1.54) is 38.8 Å². The minimum absolute atomic E-state index is 0.735. The van der Waals surface area contributed by atoms with Crippen LogP contribution in [0.4, 0.5) is 0 Å². The van der Waals surface area contributed by atoms with Crippen molar-refractivity contribution in [3.05, 3.63) is 0 Å². The van der Waals surface area contributed by atoms with Crippen LogP contribution < -0.4 is 5.32 Å². The summed E-state index contributed by atoms with van der Waals surface area (Å²) in [5.41, 5.74) is 0.735. The predicted octanol–water partition coefficient (Wildman–Crippen LogP) is 2.89. The minimum Gasteiger partial charge on any atom is -0.317 e. The second-order valence-corrected chi connectivity index (χ2v) is 5.52. The molecule has 1 aliphatic carbocycles.